The number of hydrogen-bond acceptors (Lipinski definition) is 2. The third-order valence-corrected chi connectivity index (χ3v) is 2.50. The number of benzene rings is 1. The SMILES string of the molecule is O=c1[nH]c2ccc(Cn3ccnc3)cc2[nH]1. The lowest BCUT2D eigenvalue weighted by molar-refractivity contribution is 0.798. The Hall–Kier alpha value is -2.30. The minimum absolute atomic E-state index is 0.171. The summed E-state index contributed by atoms with van der Waals surface area (Å²) in [5, 5.41) is 0. The number of H-pyrrole nitrogens is 2. The molecule has 0 aliphatic heterocycles. The summed E-state index contributed by atoms with van der Waals surface area (Å²) in [4.78, 5) is 20.5. The van der Waals surface area contributed by atoms with Crippen LogP contribution < -0.4 is 5.69 Å². The molecule has 0 bridgehead atoms. The van der Waals surface area contributed by atoms with Gasteiger partial charge in [0.2, 0.25) is 0 Å². The topological polar surface area (TPSA) is 66.5 Å². The highest BCUT2D eigenvalue weighted by Gasteiger charge is 2.00. The van der Waals surface area contributed by atoms with Gasteiger partial charge in [0, 0.05) is 18.9 Å². The average molecular weight is 214 g/mol. The van der Waals surface area contributed by atoms with Gasteiger partial charge >= 0.3 is 5.69 Å². The molecule has 1 aromatic carbocycles. The maximum Gasteiger partial charge on any atom is 0.323 e. The van der Waals surface area contributed by atoms with Crippen LogP contribution in [0.25, 0.3) is 11.0 Å². The van der Waals surface area contributed by atoms with Gasteiger partial charge in [-0.3, -0.25) is 0 Å². The van der Waals surface area contributed by atoms with Gasteiger partial charge in [0.1, 0.15) is 0 Å². The zero-order valence-corrected chi connectivity index (χ0v) is 8.47. The van der Waals surface area contributed by atoms with Crippen molar-refractivity contribution < 1.29 is 0 Å². The second-order valence-corrected chi connectivity index (χ2v) is 3.69. The Morgan fingerprint density at radius 1 is 1.25 bits per heavy atom. The molecule has 2 aromatic heterocycles. The van der Waals surface area contributed by atoms with Crippen LogP contribution in [-0.2, 0) is 6.54 Å². The highest BCUT2D eigenvalue weighted by Crippen LogP contribution is 2.11. The molecule has 0 spiro atoms. The fraction of sp³-hybridized carbons (Fsp3) is 0.0909. The summed E-state index contributed by atoms with van der Waals surface area (Å²) >= 11 is 0. The van der Waals surface area contributed by atoms with Gasteiger partial charge in [0.25, 0.3) is 0 Å². The van der Waals surface area contributed by atoms with Crippen molar-refractivity contribution in [3.8, 4) is 0 Å². The Labute approximate surface area is 90.8 Å². The van der Waals surface area contributed by atoms with E-state index < -0.39 is 0 Å². The lowest BCUT2D eigenvalue weighted by Gasteiger charge is -2.01. The fourth-order valence-electron chi connectivity index (χ4n) is 1.77. The first-order valence-electron chi connectivity index (χ1n) is 4.98. The van der Waals surface area contributed by atoms with Crippen LogP contribution in [0.5, 0.6) is 0 Å². The number of hydrogen-bond donors (Lipinski definition) is 2. The second-order valence-electron chi connectivity index (χ2n) is 3.69. The van der Waals surface area contributed by atoms with E-state index in [1.807, 2.05) is 29.0 Å². The van der Waals surface area contributed by atoms with Gasteiger partial charge < -0.3 is 14.5 Å². The summed E-state index contributed by atoms with van der Waals surface area (Å²) in [6, 6.07) is 5.86. The second kappa shape index (κ2) is 3.37. The lowest BCUT2D eigenvalue weighted by atomic mass is 10.2. The summed E-state index contributed by atoms with van der Waals surface area (Å²) in [6.45, 7) is 0.753. The third kappa shape index (κ3) is 1.52. The zero-order chi connectivity index (χ0) is 11.0. The van der Waals surface area contributed by atoms with E-state index in [9.17, 15) is 4.79 Å². The summed E-state index contributed by atoms with van der Waals surface area (Å²) in [5.74, 6) is 0. The summed E-state index contributed by atoms with van der Waals surface area (Å²) in [5.41, 5.74) is 2.62. The monoisotopic (exact) mass is 214 g/mol. The van der Waals surface area contributed by atoms with Gasteiger partial charge in [0.15, 0.2) is 0 Å². The predicted octanol–water partition coefficient (Wildman–Crippen LogP) is 1.10. The van der Waals surface area contributed by atoms with Crippen LogP contribution in [0.4, 0.5) is 0 Å². The molecule has 3 aromatic rings. The van der Waals surface area contributed by atoms with E-state index in [0.29, 0.717) is 0 Å². The number of rotatable bonds is 2. The van der Waals surface area contributed by atoms with E-state index in [1.54, 1.807) is 12.5 Å². The molecule has 0 aliphatic carbocycles. The normalized spacial score (nSPS) is 11.0. The van der Waals surface area contributed by atoms with E-state index >= 15 is 0 Å². The molecule has 16 heavy (non-hydrogen) atoms. The molecule has 0 saturated heterocycles. The third-order valence-electron chi connectivity index (χ3n) is 2.50. The van der Waals surface area contributed by atoms with Crippen molar-refractivity contribution in [2.24, 2.45) is 0 Å². The van der Waals surface area contributed by atoms with E-state index in [0.717, 1.165) is 23.1 Å². The molecular weight excluding hydrogens is 204 g/mol. The summed E-state index contributed by atoms with van der Waals surface area (Å²) in [7, 11) is 0. The fourth-order valence-corrected chi connectivity index (χ4v) is 1.77. The molecule has 0 atom stereocenters. The standard InChI is InChI=1S/C11H10N4O/c16-11-13-9-2-1-8(5-10(9)14-11)6-15-4-3-12-7-15/h1-5,7H,6H2,(H2,13,14,16). The number of nitrogens with one attached hydrogen (secondary N) is 2. The van der Waals surface area contributed by atoms with Crippen molar-refractivity contribution in [1.29, 1.82) is 0 Å². The molecule has 80 valence electrons. The molecule has 2 heterocycles. The van der Waals surface area contributed by atoms with Crippen LogP contribution in [0.1, 0.15) is 5.56 Å². The van der Waals surface area contributed by atoms with Crippen LogP contribution >= 0.6 is 0 Å². The molecule has 0 fully saturated rings. The lowest BCUT2D eigenvalue weighted by Crippen LogP contribution is -1.99. The molecule has 0 unspecified atom stereocenters. The minimum Gasteiger partial charge on any atom is -0.333 e. The molecular formula is C11H10N4O. The first kappa shape index (κ1) is 8.96. The molecule has 2 N–H and O–H groups in total. The van der Waals surface area contributed by atoms with Gasteiger partial charge in [-0.25, -0.2) is 9.78 Å². The number of nitrogens with zero attached hydrogens (tertiary/aromatic N) is 2. The van der Waals surface area contributed by atoms with Crippen LogP contribution in [0, 0.1) is 0 Å². The number of fused-ring (bicyclic) bond motifs is 1. The Morgan fingerprint density at radius 3 is 2.94 bits per heavy atom. The van der Waals surface area contributed by atoms with Crippen molar-refractivity contribution >= 4 is 11.0 Å². The van der Waals surface area contributed by atoms with E-state index in [4.69, 9.17) is 0 Å². The first-order valence-corrected chi connectivity index (χ1v) is 4.98. The Morgan fingerprint density at radius 2 is 2.12 bits per heavy atom. The van der Waals surface area contributed by atoms with Gasteiger partial charge in [-0.05, 0) is 17.7 Å². The van der Waals surface area contributed by atoms with Gasteiger partial charge in [-0.1, -0.05) is 6.07 Å². The summed E-state index contributed by atoms with van der Waals surface area (Å²) in [6.07, 6.45) is 5.42. The quantitative estimate of drug-likeness (QED) is 0.670. The van der Waals surface area contributed by atoms with Crippen molar-refractivity contribution in [3.63, 3.8) is 0 Å². The largest absolute Gasteiger partial charge is 0.333 e. The number of aromatic nitrogens is 4. The van der Waals surface area contributed by atoms with Gasteiger partial charge in [-0.15, -0.1) is 0 Å². The van der Waals surface area contributed by atoms with Crippen molar-refractivity contribution in [2.45, 2.75) is 6.54 Å². The highest BCUT2D eigenvalue weighted by molar-refractivity contribution is 5.74. The van der Waals surface area contributed by atoms with Crippen molar-refractivity contribution in [2.75, 3.05) is 0 Å². The van der Waals surface area contributed by atoms with Crippen molar-refractivity contribution in [1.82, 2.24) is 19.5 Å². The molecule has 5 heteroatoms. The van der Waals surface area contributed by atoms with Crippen LogP contribution in [0.2, 0.25) is 0 Å². The maximum absolute atomic E-state index is 11.1. The van der Waals surface area contributed by atoms with Crippen LogP contribution in [-0.4, -0.2) is 19.5 Å². The first-order chi connectivity index (χ1) is 7.81. The Kier molecular flexibility index (Phi) is 1.89. The summed E-state index contributed by atoms with van der Waals surface area (Å²) < 4.78 is 1.98. The number of aromatic amines is 2. The highest BCUT2D eigenvalue weighted by atomic mass is 16.1. The van der Waals surface area contributed by atoms with E-state index in [-0.39, 0.29) is 5.69 Å². The van der Waals surface area contributed by atoms with Gasteiger partial charge in [0.05, 0.1) is 17.4 Å². The van der Waals surface area contributed by atoms with E-state index in [2.05, 4.69) is 15.0 Å². The Bertz CT molecular complexity index is 663. The maximum atomic E-state index is 11.1. The van der Waals surface area contributed by atoms with Crippen molar-refractivity contribution in [3.05, 3.63) is 53.0 Å². The zero-order valence-electron chi connectivity index (χ0n) is 8.47. The van der Waals surface area contributed by atoms with Crippen LogP contribution in [0.3, 0.4) is 0 Å². The smallest absolute Gasteiger partial charge is 0.323 e. The minimum atomic E-state index is -0.171. The Balaban J connectivity index is 2.01. The molecule has 0 saturated carbocycles. The van der Waals surface area contributed by atoms with E-state index in [1.165, 1.54) is 0 Å². The van der Waals surface area contributed by atoms with Gasteiger partial charge in [-0.2, -0.15) is 0 Å². The molecule has 5 nitrogen and oxygen atoms in total. The molecule has 0 amide bonds. The molecule has 0 radical (unpaired) electrons. The van der Waals surface area contributed by atoms with Crippen LogP contribution in [0.15, 0.2) is 41.7 Å². The molecule has 0 aliphatic rings. The average Bonchev–Trinajstić information content (AvgIpc) is 2.85. The number of imidazole rings is 2. The predicted molar refractivity (Wildman–Crippen MR) is 60.2 cm³/mol. The molecule has 3 rings (SSSR count).